The van der Waals surface area contributed by atoms with Crippen molar-refractivity contribution < 1.29 is 0 Å². The maximum atomic E-state index is 6.08. The summed E-state index contributed by atoms with van der Waals surface area (Å²) in [5, 5.41) is 8.74. The van der Waals surface area contributed by atoms with E-state index < -0.39 is 0 Å². The van der Waals surface area contributed by atoms with Gasteiger partial charge in [0.25, 0.3) is 0 Å². The third-order valence-corrected chi connectivity index (χ3v) is 3.39. The Hall–Kier alpha value is -2.74. The maximum absolute atomic E-state index is 6.08. The molecule has 3 aromatic rings. The number of rotatable bonds is 4. The molecule has 0 aliphatic rings. The molecule has 0 aliphatic heterocycles. The van der Waals surface area contributed by atoms with Crippen LogP contribution in [0.3, 0.4) is 0 Å². The van der Waals surface area contributed by atoms with Gasteiger partial charge in [-0.15, -0.1) is 11.3 Å². The van der Waals surface area contributed by atoms with E-state index in [2.05, 4.69) is 30.6 Å². The molecule has 0 spiro atoms. The lowest BCUT2D eigenvalue weighted by atomic mass is 10.3. The monoisotopic (exact) mass is 299 g/mol. The Bertz CT molecular complexity index is 742. The molecule has 0 saturated carbocycles. The van der Waals surface area contributed by atoms with Crippen molar-refractivity contribution in [1.29, 1.82) is 0 Å². The molecule has 0 amide bonds. The normalized spacial score (nSPS) is 10.3. The highest BCUT2D eigenvalue weighted by Gasteiger charge is 2.10. The minimum atomic E-state index is 0.413. The minimum absolute atomic E-state index is 0.413. The number of anilines is 5. The van der Waals surface area contributed by atoms with Crippen LogP contribution in [0.5, 0.6) is 0 Å². The van der Waals surface area contributed by atoms with Crippen molar-refractivity contribution in [1.82, 2.24) is 19.9 Å². The molecule has 106 valence electrons. The fraction of sp³-hybridized carbons (Fsp3) is 0.0769. The first kappa shape index (κ1) is 13.3. The molecule has 4 N–H and O–H groups in total. The van der Waals surface area contributed by atoms with E-state index in [1.165, 1.54) is 17.7 Å². The van der Waals surface area contributed by atoms with Crippen molar-refractivity contribution in [2.24, 2.45) is 0 Å². The highest BCUT2D eigenvalue weighted by atomic mass is 32.1. The fourth-order valence-corrected chi connectivity index (χ4v) is 2.24. The fourth-order valence-electron chi connectivity index (χ4n) is 1.71. The second-order valence-corrected chi connectivity index (χ2v) is 5.18. The van der Waals surface area contributed by atoms with E-state index in [1.54, 1.807) is 12.4 Å². The summed E-state index contributed by atoms with van der Waals surface area (Å²) in [5.74, 6) is 1.69. The topological polar surface area (TPSA) is 102 Å². The summed E-state index contributed by atoms with van der Waals surface area (Å²) in [7, 11) is 0. The van der Waals surface area contributed by atoms with E-state index in [0.717, 1.165) is 10.7 Å². The number of nitrogen functional groups attached to an aromatic ring is 1. The molecule has 0 saturated heterocycles. The Morgan fingerprint density at radius 2 is 1.86 bits per heavy atom. The third kappa shape index (κ3) is 3.06. The van der Waals surface area contributed by atoms with Gasteiger partial charge in [0.2, 0.25) is 0 Å². The number of nitrogens with one attached hydrogen (secondary N) is 2. The van der Waals surface area contributed by atoms with Crippen molar-refractivity contribution >= 4 is 39.6 Å². The van der Waals surface area contributed by atoms with Gasteiger partial charge in [0, 0.05) is 17.8 Å². The zero-order valence-corrected chi connectivity index (χ0v) is 12.1. The highest BCUT2D eigenvalue weighted by molar-refractivity contribution is 7.13. The van der Waals surface area contributed by atoms with Crippen LogP contribution in [0.2, 0.25) is 0 Å². The van der Waals surface area contributed by atoms with Crippen LogP contribution in [0, 0.1) is 6.92 Å². The van der Waals surface area contributed by atoms with Crippen LogP contribution < -0.4 is 16.4 Å². The summed E-state index contributed by atoms with van der Waals surface area (Å²) in [6.45, 7) is 1.99. The smallest absolute Gasteiger partial charge is 0.188 e. The first-order valence-electron chi connectivity index (χ1n) is 6.19. The Kier molecular flexibility index (Phi) is 3.61. The van der Waals surface area contributed by atoms with Crippen LogP contribution in [0.15, 0.2) is 36.2 Å². The van der Waals surface area contributed by atoms with Crippen LogP contribution >= 0.6 is 11.3 Å². The molecule has 3 heterocycles. The second-order valence-electron chi connectivity index (χ2n) is 4.29. The summed E-state index contributed by atoms with van der Waals surface area (Å²) >= 11 is 1.47. The molecule has 7 nitrogen and oxygen atoms in total. The van der Waals surface area contributed by atoms with Gasteiger partial charge >= 0.3 is 0 Å². The number of hydrogen-bond donors (Lipinski definition) is 3. The largest absolute Gasteiger partial charge is 0.393 e. The first-order valence-corrected chi connectivity index (χ1v) is 7.07. The van der Waals surface area contributed by atoms with Gasteiger partial charge in [-0.1, -0.05) is 0 Å². The number of aromatic nitrogens is 4. The summed E-state index contributed by atoms with van der Waals surface area (Å²) in [5.41, 5.74) is 7.60. The van der Waals surface area contributed by atoms with Gasteiger partial charge in [-0.2, -0.15) is 0 Å². The molecule has 0 fully saturated rings. The molecule has 8 heteroatoms. The Morgan fingerprint density at radius 3 is 2.57 bits per heavy atom. The van der Waals surface area contributed by atoms with E-state index in [-0.39, 0.29) is 0 Å². The SMILES string of the molecule is Cc1ccnc(Nc2ncnc(Nc3nccs3)c2N)c1. The summed E-state index contributed by atoms with van der Waals surface area (Å²) in [4.78, 5) is 16.6. The third-order valence-electron chi connectivity index (χ3n) is 2.70. The Labute approximate surface area is 125 Å². The molecule has 0 radical (unpaired) electrons. The molecule has 21 heavy (non-hydrogen) atoms. The molecule has 0 atom stereocenters. The van der Waals surface area contributed by atoms with Crippen LogP contribution in [-0.2, 0) is 0 Å². The van der Waals surface area contributed by atoms with Crippen LogP contribution in [0.1, 0.15) is 5.56 Å². The minimum Gasteiger partial charge on any atom is -0.393 e. The number of nitrogens with two attached hydrogens (primary N) is 1. The molecular weight excluding hydrogens is 286 g/mol. The van der Waals surface area contributed by atoms with Crippen molar-refractivity contribution in [2.75, 3.05) is 16.4 Å². The van der Waals surface area contributed by atoms with Crippen molar-refractivity contribution in [3.8, 4) is 0 Å². The van der Waals surface area contributed by atoms with Gasteiger partial charge in [-0.05, 0) is 24.6 Å². The first-order chi connectivity index (χ1) is 10.2. The number of thiazole rings is 1. The molecule has 0 unspecified atom stereocenters. The van der Waals surface area contributed by atoms with E-state index in [0.29, 0.717) is 23.1 Å². The number of hydrogen-bond acceptors (Lipinski definition) is 8. The average Bonchev–Trinajstić information content (AvgIpc) is 2.96. The number of nitrogens with zero attached hydrogens (tertiary/aromatic N) is 4. The number of pyridine rings is 1. The zero-order valence-electron chi connectivity index (χ0n) is 11.2. The quantitative estimate of drug-likeness (QED) is 0.680. The summed E-state index contributed by atoms with van der Waals surface area (Å²) in [6, 6.07) is 3.83. The zero-order chi connectivity index (χ0) is 14.7. The lowest BCUT2D eigenvalue weighted by Crippen LogP contribution is -2.05. The van der Waals surface area contributed by atoms with Crippen LogP contribution in [0.25, 0.3) is 0 Å². The van der Waals surface area contributed by atoms with Gasteiger partial charge < -0.3 is 16.4 Å². The molecule has 0 aliphatic carbocycles. The van der Waals surface area contributed by atoms with Crippen molar-refractivity contribution in [2.45, 2.75) is 6.92 Å². The molecule has 3 rings (SSSR count). The molecular formula is C13H13N7S. The average molecular weight is 299 g/mol. The molecule has 0 aromatic carbocycles. The predicted octanol–water partition coefficient (Wildman–Crippen LogP) is 2.71. The van der Waals surface area contributed by atoms with Crippen LogP contribution in [0.4, 0.5) is 28.3 Å². The maximum Gasteiger partial charge on any atom is 0.188 e. The molecule has 3 aromatic heterocycles. The van der Waals surface area contributed by atoms with Gasteiger partial charge in [-0.3, -0.25) is 0 Å². The van der Waals surface area contributed by atoms with E-state index in [4.69, 9.17) is 5.73 Å². The summed E-state index contributed by atoms with van der Waals surface area (Å²) in [6.07, 6.45) is 4.87. The van der Waals surface area contributed by atoms with E-state index >= 15 is 0 Å². The lowest BCUT2D eigenvalue weighted by Gasteiger charge is -2.11. The van der Waals surface area contributed by atoms with Crippen molar-refractivity contribution in [3.05, 3.63) is 41.8 Å². The number of aryl methyl sites for hydroxylation is 1. The van der Waals surface area contributed by atoms with E-state index in [1.807, 2.05) is 24.4 Å². The highest BCUT2D eigenvalue weighted by Crippen LogP contribution is 2.28. The molecule has 0 bridgehead atoms. The van der Waals surface area contributed by atoms with Gasteiger partial charge in [0.15, 0.2) is 16.8 Å². The Morgan fingerprint density at radius 1 is 1.05 bits per heavy atom. The second kappa shape index (κ2) is 5.71. The Balaban J connectivity index is 1.86. The predicted molar refractivity (Wildman–Crippen MR) is 84.1 cm³/mol. The summed E-state index contributed by atoms with van der Waals surface area (Å²) < 4.78 is 0. The van der Waals surface area contributed by atoms with Crippen LogP contribution in [-0.4, -0.2) is 19.9 Å². The van der Waals surface area contributed by atoms with Gasteiger partial charge in [0.1, 0.15) is 17.8 Å². The van der Waals surface area contributed by atoms with Crippen molar-refractivity contribution in [3.63, 3.8) is 0 Å². The lowest BCUT2D eigenvalue weighted by molar-refractivity contribution is 1.16. The standard InChI is InChI=1S/C13H13N7S/c1-8-2-3-15-9(6-8)19-11-10(14)12(18-7-17-11)20-13-16-4-5-21-13/h2-7H,14H2,1H3,(H2,15,16,17,18,19,20). The van der Waals surface area contributed by atoms with Gasteiger partial charge in [-0.25, -0.2) is 19.9 Å². The van der Waals surface area contributed by atoms with E-state index in [9.17, 15) is 0 Å². The van der Waals surface area contributed by atoms with Gasteiger partial charge in [0.05, 0.1) is 0 Å².